The number of hydrogen-bond acceptors (Lipinski definition) is 1. The maximum absolute atomic E-state index is 4.26. The van der Waals surface area contributed by atoms with E-state index in [-0.39, 0.29) is 18.9 Å². The van der Waals surface area contributed by atoms with E-state index in [1.807, 2.05) is 29.9 Å². The minimum absolute atomic E-state index is 0. The topological polar surface area (TPSA) is 17.8 Å². The Morgan fingerprint density at radius 2 is 2.21 bits per heavy atom. The quantitative estimate of drug-likeness (QED) is 0.413. The standard InChI is InChI=1S/C11H11N2.Li/c1-9-4-3-5-10(8-9)11-12-6-7-13(11)2;/h3-4,6-8H,1-2H3;/q-1;+1. The molecule has 0 N–H and O–H groups in total. The number of benzene rings is 1. The van der Waals surface area contributed by atoms with Gasteiger partial charge in [0.15, 0.2) is 0 Å². The van der Waals surface area contributed by atoms with Crippen LogP contribution >= 0.6 is 0 Å². The van der Waals surface area contributed by atoms with Crippen LogP contribution in [0.25, 0.3) is 11.4 Å². The first kappa shape index (κ1) is 11.1. The van der Waals surface area contributed by atoms with Gasteiger partial charge in [-0.25, -0.2) is 0 Å². The summed E-state index contributed by atoms with van der Waals surface area (Å²) in [5.41, 5.74) is 2.28. The molecule has 0 unspecified atom stereocenters. The van der Waals surface area contributed by atoms with E-state index >= 15 is 0 Å². The zero-order valence-electron chi connectivity index (χ0n) is 8.78. The third kappa shape index (κ3) is 2.09. The number of aryl methyl sites for hydroxylation is 2. The van der Waals surface area contributed by atoms with Crippen molar-refractivity contribution >= 4 is 0 Å². The molecule has 0 aliphatic carbocycles. The maximum Gasteiger partial charge on any atom is 1.00 e. The van der Waals surface area contributed by atoms with Gasteiger partial charge in [0.2, 0.25) is 0 Å². The van der Waals surface area contributed by atoms with Gasteiger partial charge in [-0.3, -0.25) is 4.98 Å². The van der Waals surface area contributed by atoms with Crippen LogP contribution in [0.3, 0.4) is 0 Å². The molecule has 0 aliphatic rings. The van der Waals surface area contributed by atoms with Gasteiger partial charge in [-0.2, -0.15) is 0 Å². The van der Waals surface area contributed by atoms with Crippen molar-refractivity contribution in [2.75, 3.05) is 0 Å². The van der Waals surface area contributed by atoms with E-state index in [1.54, 1.807) is 6.20 Å². The number of rotatable bonds is 1. The molecule has 0 spiro atoms. The predicted octanol–water partition coefficient (Wildman–Crippen LogP) is -0.800. The Kier molecular flexibility index (Phi) is 3.57. The van der Waals surface area contributed by atoms with Gasteiger partial charge in [-0.05, 0) is 0 Å². The maximum atomic E-state index is 4.26. The largest absolute Gasteiger partial charge is 1.00 e. The molecule has 0 saturated carbocycles. The van der Waals surface area contributed by atoms with Crippen LogP contribution in [-0.2, 0) is 7.05 Å². The molecular formula is C11H11LiN2. The molecular weight excluding hydrogens is 167 g/mol. The van der Waals surface area contributed by atoms with Crippen molar-refractivity contribution in [1.29, 1.82) is 0 Å². The zero-order chi connectivity index (χ0) is 9.26. The van der Waals surface area contributed by atoms with Crippen molar-refractivity contribution in [2.24, 2.45) is 7.05 Å². The van der Waals surface area contributed by atoms with E-state index in [4.69, 9.17) is 0 Å². The Morgan fingerprint density at radius 1 is 1.43 bits per heavy atom. The normalized spacial score (nSPS) is 9.57. The van der Waals surface area contributed by atoms with Gasteiger partial charge in [0, 0.05) is 19.4 Å². The van der Waals surface area contributed by atoms with Crippen molar-refractivity contribution in [2.45, 2.75) is 6.92 Å². The molecule has 66 valence electrons. The number of hydrogen-bond donors (Lipinski definition) is 0. The molecule has 0 amide bonds. The van der Waals surface area contributed by atoms with Gasteiger partial charge in [0.1, 0.15) is 0 Å². The molecule has 1 heterocycles. The Bertz CT molecular complexity index is 421. The van der Waals surface area contributed by atoms with Gasteiger partial charge >= 0.3 is 18.9 Å². The molecule has 2 rings (SSSR count). The molecule has 2 nitrogen and oxygen atoms in total. The third-order valence-corrected chi connectivity index (χ3v) is 2.02. The summed E-state index contributed by atoms with van der Waals surface area (Å²) in [6.45, 7) is 2.07. The van der Waals surface area contributed by atoms with Crippen molar-refractivity contribution in [3.63, 3.8) is 0 Å². The second kappa shape index (κ2) is 4.50. The molecule has 0 saturated heterocycles. The second-order valence-electron chi connectivity index (χ2n) is 3.14. The molecule has 0 fully saturated rings. The number of aromatic nitrogens is 2. The monoisotopic (exact) mass is 178 g/mol. The van der Waals surface area contributed by atoms with Crippen LogP contribution in [-0.4, -0.2) is 9.55 Å². The van der Waals surface area contributed by atoms with Gasteiger partial charge < -0.3 is 4.57 Å². The first-order valence-corrected chi connectivity index (χ1v) is 4.23. The summed E-state index contributed by atoms with van der Waals surface area (Å²) in [6, 6.07) is 9.22. The molecule has 1 aromatic heterocycles. The van der Waals surface area contributed by atoms with Crippen molar-refractivity contribution in [3.8, 4) is 11.4 Å². The number of nitrogens with zero attached hydrogens (tertiary/aromatic N) is 2. The second-order valence-corrected chi connectivity index (χ2v) is 3.14. The van der Waals surface area contributed by atoms with Crippen LogP contribution in [0, 0.1) is 13.0 Å². The van der Waals surface area contributed by atoms with Crippen LogP contribution in [0.15, 0.2) is 30.6 Å². The van der Waals surface area contributed by atoms with E-state index in [0.29, 0.717) is 0 Å². The Labute approximate surface area is 96.2 Å². The molecule has 0 bridgehead atoms. The summed E-state index contributed by atoms with van der Waals surface area (Å²) >= 11 is 0. The van der Waals surface area contributed by atoms with Crippen molar-refractivity contribution in [1.82, 2.24) is 9.55 Å². The summed E-state index contributed by atoms with van der Waals surface area (Å²) in [5, 5.41) is 0. The van der Waals surface area contributed by atoms with Crippen LogP contribution < -0.4 is 18.9 Å². The smallest absolute Gasteiger partial charge is 0.373 e. The van der Waals surface area contributed by atoms with E-state index in [9.17, 15) is 0 Å². The van der Waals surface area contributed by atoms with Crippen LogP contribution in [0.2, 0.25) is 0 Å². The summed E-state index contributed by atoms with van der Waals surface area (Å²) < 4.78 is 1.99. The fraction of sp³-hybridized carbons (Fsp3) is 0.182. The fourth-order valence-electron chi connectivity index (χ4n) is 1.33. The molecule has 0 atom stereocenters. The Balaban J connectivity index is 0.000000980. The first-order valence-electron chi connectivity index (χ1n) is 4.23. The molecule has 0 aliphatic heterocycles. The molecule has 3 heteroatoms. The van der Waals surface area contributed by atoms with E-state index in [2.05, 4.69) is 24.0 Å². The summed E-state index contributed by atoms with van der Waals surface area (Å²) in [7, 11) is 1.98. The van der Waals surface area contributed by atoms with Crippen LogP contribution in [0.5, 0.6) is 0 Å². The predicted molar refractivity (Wildman–Crippen MR) is 52.2 cm³/mol. The molecule has 1 aromatic carbocycles. The minimum atomic E-state index is 0. The van der Waals surface area contributed by atoms with Gasteiger partial charge in [0.05, 0.1) is 5.82 Å². The fourth-order valence-corrected chi connectivity index (χ4v) is 1.33. The van der Waals surface area contributed by atoms with Crippen LogP contribution in [0.1, 0.15) is 5.56 Å². The average Bonchev–Trinajstić information content (AvgIpc) is 2.51. The average molecular weight is 178 g/mol. The first-order chi connectivity index (χ1) is 6.27. The van der Waals surface area contributed by atoms with E-state index < -0.39 is 0 Å². The molecule has 0 radical (unpaired) electrons. The third-order valence-electron chi connectivity index (χ3n) is 2.02. The SMILES string of the molecule is Cc1cc[c-]c(-c2nccn2C)c1.[Li+]. The van der Waals surface area contributed by atoms with Gasteiger partial charge in [-0.1, -0.05) is 6.92 Å². The van der Waals surface area contributed by atoms with E-state index in [0.717, 1.165) is 11.4 Å². The zero-order valence-corrected chi connectivity index (χ0v) is 8.78. The Morgan fingerprint density at radius 3 is 2.79 bits per heavy atom. The molecule has 2 aromatic rings. The van der Waals surface area contributed by atoms with Crippen molar-refractivity contribution in [3.05, 3.63) is 42.2 Å². The van der Waals surface area contributed by atoms with E-state index in [1.165, 1.54) is 5.56 Å². The van der Waals surface area contributed by atoms with Crippen LogP contribution in [0.4, 0.5) is 0 Å². The minimum Gasteiger partial charge on any atom is -0.373 e. The van der Waals surface area contributed by atoms with Crippen molar-refractivity contribution < 1.29 is 18.9 Å². The Hall–Kier alpha value is -0.973. The van der Waals surface area contributed by atoms with Gasteiger partial charge in [-0.15, -0.1) is 35.4 Å². The molecule has 14 heavy (non-hydrogen) atoms. The summed E-state index contributed by atoms with van der Waals surface area (Å²) in [4.78, 5) is 4.26. The van der Waals surface area contributed by atoms with Gasteiger partial charge in [0.25, 0.3) is 0 Å². The number of imidazole rings is 1. The summed E-state index contributed by atoms with van der Waals surface area (Å²) in [6.07, 6.45) is 3.73. The summed E-state index contributed by atoms with van der Waals surface area (Å²) in [5.74, 6) is 0.962.